The fourth-order valence-electron chi connectivity index (χ4n) is 2.04. The third-order valence-corrected chi connectivity index (χ3v) is 3.01. The second-order valence-electron chi connectivity index (χ2n) is 4.49. The first kappa shape index (κ1) is 15.0. The summed E-state index contributed by atoms with van der Waals surface area (Å²) < 4.78 is 38.2. The number of rotatable bonds is 3. The highest BCUT2D eigenvalue weighted by Crippen LogP contribution is 2.26. The molecule has 2 aromatic rings. The van der Waals surface area contributed by atoms with Gasteiger partial charge in [-0.2, -0.15) is 13.2 Å². The number of carboxylic acid groups (broad SMARTS) is 1. The number of carboxylic acids is 1. The number of carbonyl (C=O) groups is 2. The molecule has 0 aliphatic carbocycles. The number of aliphatic carboxylic acids is 1. The Labute approximate surface area is 116 Å². The summed E-state index contributed by atoms with van der Waals surface area (Å²) in [6.45, 7) is 0. The fraction of sp³-hybridized carbons (Fsp3) is 0.231. The van der Waals surface area contributed by atoms with Crippen LogP contribution in [0, 0.1) is 0 Å². The molecule has 3 N–H and O–H groups in total. The van der Waals surface area contributed by atoms with E-state index in [0.717, 1.165) is 6.20 Å². The molecule has 21 heavy (non-hydrogen) atoms. The Morgan fingerprint density at radius 2 is 1.90 bits per heavy atom. The first-order valence-corrected chi connectivity index (χ1v) is 5.90. The summed E-state index contributed by atoms with van der Waals surface area (Å²) in [5.41, 5.74) is 5.73. The van der Waals surface area contributed by atoms with Crippen molar-refractivity contribution in [2.24, 2.45) is 5.73 Å². The number of fused-ring (bicyclic) bond motifs is 1. The number of carbonyl (C=O) groups excluding carboxylic acids is 1. The smallest absolute Gasteiger partial charge is 0.472 e. The maximum Gasteiger partial charge on any atom is 0.472 e. The van der Waals surface area contributed by atoms with Gasteiger partial charge in [0.05, 0.1) is 5.52 Å². The SMILES string of the molecule is NC(Cc1cn(C(=O)C(F)(F)F)c2ccccc12)C(=O)O. The number of hydrogen-bond acceptors (Lipinski definition) is 3. The fourth-order valence-corrected chi connectivity index (χ4v) is 2.04. The number of benzene rings is 1. The van der Waals surface area contributed by atoms with Gasteiger partial charge in [-0.05, 0) is 11.6 Å². The van der Waals surface area contributed by atoms with Gasteiger partial charge in [0.1, 0.15) is 6.04 Å². The molecule has 0 radical (unpaired) electrons. The van der Waals surface area contributed by atoms with Crippen LogP contribution in [0.4, 0.5) is 13.2 Å². The Balaban J connectivity index is 2.54. The summed E-state index contributed by atoms with van der Waals surface area (Å²) in [5, 5.41) is 9.15. The molecule has 1 aromatic carbocycles. The molecule has 0 fully saturated rings. The molecule has 0 bridgehead atoms. The van der Waals surface area contributed by atoms with Crippen LogP contribution in [0.25, 0.3) is 10.9 Å². The molecule has 5 nitrogen and oxygen atoms in total. The third kappa shape index (κ3) is 2.89. The van der Waals surface area contributed by atoms with Crippen LogP contribution in [0.15, 0.2) is 30.5 Å². The largest absolute Gasteiger partial charge is 0.480 e. The van der Waals surface area contributed by atoms with Crippen LogP contribution in [0.3, 0.4) is 0 Å². The van der Waals surface area contributed by atoms with E-state index in [1.165, 1.54) is 18.2 Å². The predicted molar refractivity (Wildman–Crippen MR) is 67.9 cm³/mol. The van der Waals surface area contributed by atoms with Crippen LogP contribution in [0.2, 0.25) is 0 Å². The minimum absolute atomic E-state index is 0.0624. The van der Waals surface area contributed by atoms with Crippen molar-refractivity contribution in [1.82, 2.24) is 4.57 Å². The molecule has 0 amide bonds. The second kappa shape index (κ2) is 5.21. The Morgan fingerprint density at radius 3 is 2.48 bits per heavy atom. The quantitative estimate of drug-likeness (QED) is 0.905. The van der Waals surface area contributed by atoms with Crippen molar-refractivity contribution in [2.45, 2.75) is 18.6 Å². The van der Waals surface area contributed by atoms with E-state index in [9.17, 15) is 22.8 Å². The zero-order chi connectivity index (χ0) is 15.8. The minimum atomic E-state index is -5.02. The van der Waals surface area contributed by atoms with Crippen molar-refractivity contribution in [1.29, 1.82) is 0 Å². The van der Waals surface area contributed by atoms with Crippen molar-refractivity contribution in [3.63, 3.8) is 0 Å². The van der Waals surface area contributed by atoms with Gasteiger partial charge in [0, 0.05) is 18.0 Å². The number of alkyl halides is 3. The molecule has 8 heteroatoms. The van der Waals surface area contributed by atoms with Gasteiger partial charge < -0.3 is 10.8 Å². The predicted octanol–water partition coefficient (Wildman–Crippen LogP) is 1.80. The number of para-hydroxylation sites is 1. The van der Waals surface area contributed by atoms with Gasteiger partial charge in [0.25, 0.3) is 0 Å². The van der Waals surface area contributed by atoms with Crippen molar-refractivity contribution in [2.75, 3.05) is 0 Å². The topological polar surface area (TPSA) is 85.3 Å². The molecule has 112 valence electrons. The Kier molecular flexibility index (Phi) is 3.73. The minimum Gasteiger partial charge on any atom is -0.480 e. The summed E-state index contributed by atoms with van der Waals surface area (Å²) in [6, 6.07) is 4.68. The number of hydrogen-bond donors (Lipinski definition) is 2. The lowest BCUT2D eigenvalue weighted by atomic mass is 10.1. The second-order valence-corrected chi connectivity index (χ2v) is 4.49. The number of nitrogens with zero attached hydrogens (tertiary/aromatic N) is 1. The van der Waals surface area contributed by atoms with E-state index in [1.807, 2.05) is 0 Å². The first-order valence-electron chi connectivity index (χ1n) is 5.90. The number of aromatic nitrogens is 1. The Hall–Kier alpha value is -2.35. The van der Waals surface area contributed by atoms with Crippen LogP contribution in [0.1, 0.15) is 10.4 Å². The molecule has 0 saturated heterocycles. The highest BCUT2D eigenvalue weighted by atomic mass is 19.4. The summed E-state index contributed by atoms with van der Waals surface area (Å²) in [4.78, 5) is 22.2. The van der Waals surface area contributed by atoms with Gasteiger partial charge >= 0.3 is 18.1 Å². The zero-order valence-electron chi connectivity index (χ0n) is 10.6. The standard InChI is InChI=1S/C13H11F3N2O3/c14-13(15,16)12(21)18-6-7(5-9(17)11(19)20)8-3-1-2-4-10(8)18/h1-4,6,9H,5,17H2,(H,19,20). The Bertz CT molecular complexity index is 706. The summed E-state index contributed by atoms with van der Waals surface area (Å²) >= 11 is 0. The van der Waals surface area contributed by atoms with Crippen molar-refractivity contribution < 1.29 is 27.9 Å². The van der Waals surface area contributed by atoms with Crippen molar-refractivity contribution in [3.05, 3.63) is 36.0 Å². The van der Waals surface area contributed by atoms with Crippen LogP contribution < -0.4 is 5.73 Å². The molecular weight excluding hydrogens is 289 g/mol. The maximum atomic E-state index is 12.6. The average molecular weight is 300 g/mol. The third-order valence-electron chi connectivity index (χ3n) is 3.01. The first-order chi connectivity index (χ1) is 9.71. The van der Waals surface area contributed by atoms with Crippen molar-refractivity contribution in [3.8, 4) is 0 Å². The van der Waals surface area contributed by atoms with Gasteiger partial charge in [-0.1, -0.05) is 18.2 Å². The normalized spacial score (nSPS) is 13.3. The molecule has 0 saturated carbocycles. The highest BCUT2D eigenvalue weighted by Gasteiger charge is 2.40. The van der Waals surface area contributed by atoms with E-state index >= 15 is 0 Å². The Morgan fingerprint density at radius 1 is 1.29 bits per heavy atom. The van der Waals surface area contributed by atoms with E-state index in [1.54, 1.807) is 6.07 Å². The lowest BCUT2D eigenvalue weighted by Gasteiger charge is -2.06. The van der Waals surface area contributed by atoms with E-state index in [2.05, 4.69) is 0 Å². The monoisotopic (exact) mass is 300 g/mol. The lowest BCUT2D eigenvalue weighted by molar-refractivity contribution is -0.138. The molecule has 2 rings (SSSR count). The zero-order valence-corrected chi connectivity index (χ0v) is 10.6. The van der Waals surface area contributed by atoms with Gasteiger partial charge in [-0.15, -0.1) is 0 Å². The van der Waals surface area contributed by atoms with Crippen LogP contribution in [-0.2, 0) is 11.2 Å². The lowest BCUT2D eigenvalue weighted by Crippen LogP contribution is -2.32. The van der Waals surface area contributed by atoms with Gasteiger partial charge in [0.15, 0.2) is 0 Å². The van der Waals surface area contributed by atoms with E-state index in [-0.39, 0.29) is 17.5 Å². The van der Waals surface area contributed by atoms with E-state index in [0.29, 0.717) is 9.95 Å². The molecule has 0 spiro atoms. The molecule has 0 aliphatic rings. The van der Waals surface area contributed by atoms with Crippen molar-refractivity contribution >= 4 is 22.8 Å². The van der Waals surface area contributed by atoms with Gasteiger partial charge in [-0.3, -0.25) is 14.2 Å². The number of halogens is 3. The molecular formula is C13H11F3N2O3. The highest BCUT2D eigenvalue weighted by molar-refractivity contribution is 5.97. The molecule has 0 aliphatic heterocycles. The average Bonchev–Trinajstić information content (AvgIpc) is 2.76. The van der Waals surface area contributed by atoms with Gasteiger partial charge in [0.2, 0.25) is 0 Å². The van der Waals surface area contributed by atoms with Crippen LogP contribution in [-0.4, -0.2) is 33.8 Å². The number of nitrogens with two attached hydrogens (primary N) is 1. The summed E-state index contributed by atoms with van der Waals surface area (Å²) in [7, 11) is 0. The molecule has 1 unspecified atom stereocenters. The van der Waals surface area contributed by atoms with Crippen LogP contribution in [0.5, 0.6) is 0 Å². The summed E-state index contributed by atoms with van der Waals surface area (Å²) in [5.74, 6) is -3.30. The summed E-state index contributed by atoms with van der Waals surface area (Å²) in [6.07, 6.45) is -4.20. The van der Waals surface area contributed by atoms with E-state index < -0.39 is 24.1 Å². The van der Waals surface area contributed by atoms with Gasteiger partial charge in [-0.25, -0.2) is 0 Å². The van der Waals surface area contributed by atoms with Crippen LogP contribution >= 0.6 is 0 Å². The molecule has 1 aromatic heterocycles. The van der Waals surface area contributed by atoms with E-state index in [4.69, 9.17) is 10.8 Å². The molecule has 1 atom stereocenters. The molecule has 1 heterocycles. The maximum absolute atomic E-state index is 12.6.